The first kappa shape index (κ1) is 23.2. The average molecular weight is 463 g/mol. The topological polar surface area (TPSA) is 99.7 Å². The molecule has 1 aliphatic heterocycles. The fraction of sp³-hybridized carbons (Fsp3) is 0.364. The Morgan fingerprint density at radius 2 is 1.84 bits per heavy atom. The SMILES string of the molecule is CC(NCC(=O)Nc1ccc(S(=O)(=O)NC2=NCCCCC2)cc1)c1ccccc1Cl. The van der Waals surface area contributed by atoms with Crippen LogP contribution < -0.4 is 15.4 Å². The molecule has 0 radical (unpaired) electrons. The fourth-order valence-corrected chi connectivity index (χ4v) is 4.66. The van der Waals surface area contributed by atoms with Gasteiger partial charge in [0.1, 0.15) is 5.84 Å². The summed E-state index contributed by atoms with van der Waals surface area (Å²) in [5.41, 5.74) is 1.43. The lowest BCUT2D eigenvalue weighted by Crippen LogP contribution is -2.31. The summed E-state index contributed by atoms with van der Waals surface area (Å²) in [5.74, 6) is 0.272. The Morgan fingerprint density at radius 3 is 2.58 bits per heavy atom. The summed E-state index contributed by atoms with van der Waals surface area (Å²) in [6.45, 7) is 2.67. The van der Waals surface area contributed by atoms with Gasteiger partial charge in [0.05, 0.1) is 11.4 Å². The zero-order valence-electron chi connectivity index (χ0n) is 17.4. The van der Waals surface area contributed by atoms with E-state index in [9.17, 15) is 13.2 Å². The second kappa shape index (κ2) is 10.7. The van der Waals surface area contributed by atoms with Crippen LogP contribution in [0.4, 0.5) is 5.69 Å². The number of sulfonamides is 1. The van der Waals surface area contributed by atoms with Crippen LogP contribution in [0.2, 0.25) is 5.02 Å². The van der Waals surface area contributed by atoms with Gasteiger partial charge in [-0.25, -0.2) is 8.42 Å². The number of hydrogen-bond acceptors (Lipinski definition) is 5. The number of amides is 1. The number of aliphatic imine (C=N–C) groups is 1. The van der Waals surface area contributed by atoms with Crippen molar-refractivity contribution in [1.29, 1.82) is 0 Å². The number of nitrogens with zero attached hydrogens (tertiary/aromatic N) is 1. The van der Waals surface area contributed by atoms with Crippen LogP contribution in [0.15, 0.2) is 58.4 Å². The Labute approximate surface area is 188 Å². The van der Waals surface area contributed by atoms with E-state index < -0.39 is 10.0 Å². The zero-order valence-corrected chi connectivity index (χ0v) is 19.0. The number of halogens is 1. The Hall–Kier alpha value is -2.42. The summed E-state index contributed by atoms with van der Waals surface area (Å²) >= 11 is 6.18. The van der Waals surface area contributed by atoms with Crippen molar-refractivity contribution in [3.8, 4) is 0 Å². The predicted molar refractivity (Wildman–Crippen MR) is 124 cm³/mol. The van der Waals surface area contributed by atoms with E-state index >= 15 is 0 Å². The highest BCUT2D eigenvalue weighted by Gasteiger charge is 2.17. The minimum atomic E-state index is -3.70. The maximum Gasteiger partial charge on any atom is 0.262 e. The van der Waals surface area contributed by atoms with Gasteiger partial charge in [-0.3, -0.25) is 14.5 Å². The second-order valence-electron chi connectivity index (χ2n) is 7.44. The third kappa shape index (κ3) is 6.78. The van der Waals surface area contributed by atoms with Gasteiger partial charge in [-0.15, -0.1) is 0 Å². The van der Waals surface area contributed by atoms with Gasteiger partial charge >= 0.3 is 0 Å². The van der Waals surface area contributed by atoms with Crippen LogP contribution in [-0.4, -0.2) is 33.3 Å². The van der Waals surface area contributed by atoms with Crippen LogP contribution in [0.1, 0.15) is 44.2 Å². The van der Waals surface area contributed by atoms with E-state index in [2.05, 4.69) is 20.3 Å². The number of rotatable bonds is 7. The minimum Gasteiger partial charge on any atom is -0.325 e. The minimum absolute atomic E-state index is 0.0911. The quantitative estimate of drug-likeness (QED) is 0.581. The lowest BCUT2D eigenvalue weighted by Gasteiger charge is -2.15. The van der Waals surface area contributed by atoms with Crippen molar-refractivity contribution in [2.24, 2.45) is 4.99 Å². The molecule has 0 fully saturated rings. The van der Waals surface area contributed by atoms with Gasteiger partial charge in [-0.05, 0) is 55.7 Å². The Balaban J connectivity index is 1.54. The summed E-state index contributed by atoms with van der Waals surface area (Å²) < 4.78 is 27.8. The van der Waals surface area contributed by atoms with Gasteiger partial charge in [-0.1, -0.05) is 36.2 Å². The predicted octanol–water partition coefficient (Wildman–Crippen LogP) is 3.88. The van der Waals surface area contributed by atoms with E-state index in [0.717, 1.165) is 24.8 Å². The van der Waals surface area contributed by atoms with E-state index in [1.54, 1.807) is 12.1 Å². The molecule has 0 aromatic heterocycles. The van der Waals surface area contributed by atoms with Crippen LogP contribution >= 0.6 is 11.6 Å². The van der Waals surface area contributed by atoms with Crippen LogP contribution in [0.3, 0.4) is 0 Å². The van der Waals surface area contributed by atoms with Crippen LogP contribution in [0, 0.1) is 0 Å². The van der Waals surface area contributed by atoms with Crippen molar-refractivity contribution >= 4 is 39.1 Å². The molecule has 0 saturated carbocycles. The van der Waals surface area contributed by atoms with Gasteiger partial charge in [0, 0.05) is 29.7 Å². The van der Waals surface area contributed by atoms with Gasteiger partial charge in [0.15, 0.2) is 0 Å². The molecule has 3 N–H and O–H groups in total. The molecule has 1 unspecified atom stereocenters. The van der Waals surface area contributed by atoms with Gasteiger partial charge in [0.25, 0.3) is 10.0 Å². The molecule has 0 spiro atoms. The summed E-state index contributed by atoms with van der Waals surface area (Å²) in [5, 5.41) is 6.53. The highest BCUT2D eigenvalue weighted by molar-refractivity contribution is 7.90. The number of hydrogen-bond donors (Lipinski definition) is 3. The number of carbonyl (C=O) groups is 1. The van der Waals surface area contributed by atoms with Crippen LogP contribution in [0.25, 0.3) is 0 Å². The molecule has 1 aliphatic rings. The molecule has 7 nitrogen and oxygen atoms in total. The smallest absolute Gasteiger partial charge is 0.262 e. The molecule has 1 heterocycles. The first-order valence-electron chi connectivity index (χ1n) is 10.3. The molecule has 0 aliphatic carbocycles. The van der Waals surface area contributed by atoms with Crippen molar-refractivity contribution in [2.45, 2.75) is 43.5 Å². The summed E-state index contributed by atoms with van der Waals surface area (Å²) in [4.78, 5) is 16.7. The lowest BCUT2D eigenvalue weighted by atomic mass is 10.1. The van der Waals surface area contributed by atoms with Crippen molar-refractivity contribution in [1.82, 2.24) is 10.0 Å². The van der Waals surface area contributed by atoms with E-state index in [1.807, 2.05) is 31.2 Å². The molecule has 2 aromatic rings. The summed E-state index contributed by atoms with van der Waals surface area (Å²) in [6.07, 6.45) is 3.59. The first-order valence-corrected chi connectivity index (χ1v) is 12.1. The largest absolute Gasteiger partial charge is 0.325 e. The molecule has 0 saturated heterocycles. The molecule has 0 bridgehead atoms. The Morgan fingerprint density at radius 1 is 1.10 bits per heavy atom. The van der Waals surface area contributed by atoms with E-state index in [1.165, 1.54) is 12.1 Å². The van der Waals surface area contributed by atoms with E-state index in [-0.39, 0.29) is 23.4 Å². The molecule has 2 aromatic carbocycles. The monoisotopic (exact) mass is 462 g/mol. The molecular weight excluding hydrogens is 436 g/mol. The molecular formula is C22H27ClN4O3S. The highest BCUT2D eigenvalue weighted by atomic mass is 35.5. The van der Waals surface area contributed by atoms with Crippen LogP contribution in [0.5, 0.6) is 0 Å². The lowest BCUT2D eigenvalue weighted by molar-refractivity contribution is -0.115. The van der Waals surface area contributed by atoms with Gasteiger partial charge in [0.2, 0.25) is 5.91 Å². The maximum atomic E-state index is 12.6. The van der Waals surface area contributed by atoms with Crippen molar-refractivity contribution in [2.75, 3.05) is 18.4 Å². The van der Waals surface area contributed by atoms with Crippen molar-refractivity contribution in [3.63, 3.8) is 0 Å². The molecule has 1 amide bonds. The third-order valence-corrected chi connectivity index (χ3v) is 6.76. The standard InChI is InChI=1S/C22H27ClN4O3S/c1-16(19-7-4-5-8-20(19)23)25-15-22(28)26-17-10-12-18(13-11-17)31(29,30)27-21-9-3-2-6-14-24-21/h4-5,7-8,10-13,16,25H,2-3,6,9,14-15H2,1H3,(H,24,27)(H,26,28). The number of carbonyl (C=O) groups excluding carboxylic acids is 1. The number of anilines is 1. The van der Waals surface area contributed by atoms with E-state index in [0.29, 0.717) is 29.5 Å². The Kier molecular flexibility index (Phi) is 8.06. The first-order chi connectivity index (χ1) is 14.8. The highest BCUT2D eigenvalue weighted by Crippen LogP contribution is 2.22. The number of nitrogens with one attached hydrogen (secondary N) is 3. The Bertz CT molecular complexity index is 1040. The molecule has 3 rings (SSSR count). The third-order valence-electron chi connectivity index (χ3n) is 5.02. The molecule has 9 heteroatoms. The maximum absolute atomic E-state index is 12.6. The fourth-order valence-electron chi connectivity index (χ4n) is 3.28. The summed E-state index contributed by atoms with van der Waals surface area (Å²) in [7, 11) is -3.70. The average Bonchev–Trinajstić information content (AvgIpc) is 3.01. The van der Waals surface area contributed by atoms with Crippen molar-refractivity contribution in [3.05, 3.63) is 59.1 Å². The zero-order chi connectivity index (χ0) is 22.3. The molecule has 166 valence electrons. The number of benzene rings is 2. The van der Waals surface area contributed by atoms with Gasteiger partial charge < -0.3 is 10.6 Å². The van der Waals surface area contributed by atoms with Crippen LogP contribution in [-0.2, 0) is 14.8 Å². The van der Waals surface area contributed by atoms with Crippen molar-refractivity contribution < 1.29 is 13.2 Å². The molecule has 1 atom stereocenters. The normalized spacial score (nSPS) is 15.5. The molecule has 31 heavy (non-hydrogen) atoms. The summed E-state index contributed by atoms with van der Waals surface area (Å²) in [6, 6.07) is 13.4. The number of amidine groups is 1. The van der Waals surface area contributed by atoms with Gasteiger partial charge in [-0.2, -0.15) is 0 Å². The second-order valence-corrected chi connectivity index (χ2v) is 9.53. The van der Waals surface area contributed by atoms with E-state index in [4.69, 9.17) is 11.6 Å².